The van der Waals surface area contributed by atoms with Gasteiger partial charge in [-0.05, 0) is 36.1 Å². The maximum Gasteiger partial charge on any atom is 0.323 e. The molecule has 6 nitrogen and oxygen atoms in total. The summed E-state index contributed by atoms with van der Waals surface area (Å²) >= 11 is 0. The number of aliphatic carboxylic acids is 1. The second kappa shape index (κ2) is 7.90. The molecule has 0 bridgehead atoms. The Morgan fingerprint density at radius 2 is 1.84 bits per heavy atom. The molecule has 0 aliphatic carbocycles. The first kappa shape index (κ1) is 17.1. The maximum atomic E-state index is 12.9. The van der Waals surface area contributed by atoms with Gasteiger partial charge in [0.15, 0.2) is 0 Å². The van der Waals surface area contributed by atoms with Gasteiger partial charge in [0.1, 0.15) is 12.2 Å². The van der Waals surface area contributed by atoms with Gasteiger partial charge in [-0.15, -0.1) is 0 Å². The summed E-state index contributed by atoms with van der Waals surface area (Å²) in [6.07, 6.45) is 2.85. The van der Waals surface area contributed by atoms with Gasteiger partial charge in [-0.2, -0.15) is 0 Å². The van der Waals surface area contributed by atoms with E-state index in [1.165, 1.54) is 4.90 Å². The summed E-state index contributed by atoms with van der Waals surface area (Å²) in [4.78, 5) is 29.7. The summed E-state index contributed by atoms with van der Waals surface area (Å²) in [5, 5.41) is 9.20. The van der Waals surface area contributed by atoms with Gasteiger partial charge in [-0.1, -0.05) is 30.3 Å². The largest absolute Gasteiger partial charge is 0.480 e. The quantitative estimate of drug-likeness (QED) is 0.904. The second-order valence-corrected chi connectivity index (χ2v) is 5.97. The van der Waals surface area contributed by atoms with E-state index in [4.69, 9.17) is 4.74 Å². The molecule has 1 aromatic carbocycles. The lowest BCUT2D eigenvalue weighted by molar-refractivity contribution is -0.138. The number of benzene rings is 1. The van der Waals surface area contributed by atoms with Crippen molar-refractivity contribution in [2.24, 2.45) is 0 Å². The summed E-state index contributed by atoms with van der Waals surface area (Å²) in [5.74, 6) is -1.38. The van der Waals surface area contributed by atoms with Gasteiger partial charge in [-0.25, -0.2) is 0 Å². The summed E-state index contributed by atoms with van der Waals surface area (Å²) in [6, 6.07) is 13.1. The van der Waals surface area contributed by atoms with Crippen LogP contribution in [-0.4, -0.2) is 52.7 Å². The van der Waals surface area contributed by atoms with E-state index in [1.807, 2.05) is 36.4 Å². The molecule has 0 saturated carbocycles. The number of carbonyl (C=O) groups excluding carboxylic acids is 1. The molecule has 2 heterocycles. The first-order chi connectivity index (χ1) is 12.1. The van der Waals surface area contributed by atoms with E-state index in [-0.39, 0.29) is 24.2 Å². The number of carbonyl (C=O) groups is 2. The third kappa shape index (κ3) is 4.22. The van der Waals surface area contributed by atoms with Crippen LogP contribution in [0.2, 0.25) is 0 Å². The van der Waals surface area contributed by atoms with Crippen molar-refractivity contribution in [3.05, 3.63) is 54.4 Å². The maximum absolute atomic E-state index is 12.9. The molecule has 1 N–H and O–H groups in total. The van der Waals surface area contributed by atoms with Crippen molar-refractivity contribution >= 4 is 11.9 Å². The molecule has 1 amide bonds. The van der Waals surface area contributed by atoms with E-state index in [0.29, 0.717) is 26.1 Å². The number of amides is 1. The van der Waals surface area contributed by atoms with Crippen molar-refractivity contribution in [3.8, 4) is 11.1 Å². The molecule has 2 aromatic rings. The zero-order chi connectivity index (χ0) is 17.6. The van der Waals surface area contributed by atoms with Gasteiger partial charge < -0.3 is 14.7 Å². The van der Waals surface area contributed by atoms with Gasteiger partial charge >= 0.3 is 5.97 Å². The van der Waals surface area contributed by atoms with E-state index in [1.54, 1.807) is 12.3 Å². The Kier molecular flexibility index (Phi) is 5.40. The van der Waals surface area contributed by atoms with Crippen LogP contribution in [0.5, 0.6) is 0 Å². The van der Waals surface area contributed by atoms with Crippen LogP contribution in [0.3, 0.4) is 0 Å². The topological polar surface area (TPSA) is 79.7 Å². The van der Waals surface area contributed by atoms with Crippen molar-refractivity contribution in [2.75, 3.05) is 19.8 Å². The lowest BCUT2D eigenvalue weighted by Gasteiger charge is -2.33. The van der Waals surface area contributed by atoms with Crippen LogP contribution in [0.1, 0.15) is 23.3 Å². The molecule has 6 heteroatoms. The highest BCUT2D eigenvalue weighted by Crippen LogP contribution is 2.21. The molecule has 1 fully saturated rings. The van der Waals surface area contributed by atoms with Crippen LogP contribution in [0.4, 0.5) is 0 Å². The Bertz CT molecular complexity index is 742. The Hall–Kier alpha value is -2.73. The van der Waals surface area contributed by atoms with E-state index >= 15 is 0 Å². The number of aromatic nitrogens is 1. The van der Waals surface area contributed by atoms with Gasteiger partial charge in [0, 0.05) is 25.5 Å². The minimum Gasteiger partial charge on any atom is -0.480 e. The average Bonchev–Trinajstić information content (AvgIpc) is 2.67. The molecular formula is C19H20N2O4. The second-order valence-electron chi connectivity index (χ2n) is 5.97. The third-order valence-corrected chi connectivity index (χ3v) is 4.28. The molecule has 1 aliphatic heterocycles. The zero-order valence-corrected chi connectivity index (χ0v) is 13.8. The first-order valence-corrected chi connectivity index (χ1v) is 8.27. The fraction of sp³-hybridized carbons (Fsp3) is 0.316. The van der Waals surface area contributed by atoms with Crippen molar-refractivity contribution in [2.45, 2.75) is 18.9 Å². The van der Waals surface area contributed by atoms with Crippen LogP contribution in [0.25, 0.3) is 11.1 Å². The molecular weight excluding hydrogens is 320 g/mol. The zero-order valence-electron chi connectivity index (χ0n) is 13.8. The first-order valence-electron chi connectivity index (χ1n) is 8.27. The third-order valence-electron chi connectivity index (χ3n) is 4.28. The summed E-state index contributed by atoms with van der Waals surface area (Å²) in [5.41, 5.74) is 2.12. The van der Waals surface area contributed by atoms with Crippen LogP contribution in [-0.2, 0) is 9.53 Å². The highest BCUT2D eigenvalue weighted by atomic mass is 16.5. The van der Waals surface area contributed by atoms with Crippen molar-refractivity contribution in [1.82, 2.24) is 9.88 Å². The normalized spacial score (nSPS) is 14.9. The Labute approximate surface area is 146 Å². The number of hydrogen-bond donors (Lipinski definition) is 1. The van der Waals surface area contributed by atoms with Gasteiger partial charge in [-0.3, -0.25) is 14.6 Å². The summed E-state index contributed by atoms with van der Waals surface area (Å²) in [6.45, 7) is 0.734. The van der Waals surface area contributed by atoms with Gasteiger partial charge in [0.05, 0.1) is 0 Å². The highest BCUT2D eigenvalue weighted by Gasteiger charge is 2.29. The highest BCUT2D eigenvalue weighted by molar-refractivity contribution is 5.95. The molecule has 130 valence electrons. The van der Waals surface area contributed by atoms with Crippen molar-refractivity contribution in [1.29, 1.82) is 0 Å². The molecule has 3 rings (SSSR count). The molecule has 0 radical (unpaired) electrons. The lowest BCUT2D eigenvalue weighted by Crippen LogP contribution is -2.46. The number of nitrogens with zero attached hydrogens (tertiary/aromatic N) is 2. The SMILES string of the molecule is O=C(O)CN(C(=O)c1cc(-c2ccccc2)ccn1)C1CCOCC1. The van der Waals surface area contributed by atoms with E-state index in [2.05, 4.69) is 4.98 Å². The number of carboxylic acid groups (broad SMARTS) is 1. The molecule has 0 unspecified atom stereocenters. The Morgan fingerprint density at radius 1 is 1.12 bits per heavy atom. The molecule has 1 aromatic heterocycles. The Morgan fingerprint density at radius 3 is 2.52 bits per heavy atom. The van der Waals surface area contributed by atoms with Crippen LogP contribution in [0, 0.1) is 0 Å². The van der Waals surface area contributed by atoms with Crippen LogP contribution in [0.15, 0.2) is 48.7 Å². The number of pyridine rings is 1. The minimum atomic E-state index is -1.03. The van der Waals surface area contributed by atoms with Crippen LogP contribution < -0.4 is 0 Å². The number of ether oxygens (including phenoxy) is 1. The number of rotatable bonds is 5. The summed E-state index contributed by atoms with van der Waals surface area (Å²) < 4.78 is 5.32. The van der Waals surface area contributed by atoms with Crippen molar-refractivity contribution < 1.29 is 19.4 Å². The standard InChI is InChI=1S/C19H20N2O4/c22-18(23)13-21(16-7-10-25-11-8-16)19(24)17-12-15(6-9-20-17)14-4-2-1-3-5-14/h1-6,9,12,16H,7-8,10-11,13H2,(H,22,23). The molecule has 1 aliphatic rings. The van der Waals surface area contributed by atoms with Crippen LogP contribution >= 0.6 is 0 Å². The number of hydrogen-bond acceptors (Lipinski definition) is 4. The van der Waals surface area contributed by atoms with Gasteiger partial charge in [0.25, 0.3) is 5.91 Å². The van der Waals surface area contributed by atoms with Crippen molar-refractivity contribution in [3.63, 3.8) is 0 Å². The Balaban J connectivity index is 1.87. The smallest absolute Gasteiger partial charge is 0.323 e. The molecule has 0 spiro atoms. The van der Waals surface area contributed by atoms with Gasteiger partial charge in [0.2, 0.25) is 0 Å². The average molecular weight is 340 g/mol. The minimum absolute atomic E-state index is 0.139. The molecule has 25 heavy (non-hydrogen) atoms. The fourth-order valence-corrected chi connectivity index (χ4v) is 3.01. The predicted molar refractivity (Wildman–Crippen MR) is 92.2 cm³/mol. The van der Waals surface area contributed by atoms with E-state index < -0.39 is 5.97 Å². The predicted octanol–water partition coefficient (Wildman–Crippen LogP) is 2.45. The fourth-order valence-electron chi connectivity index (χ4n) is 3.01. The monoisotopic (exact) mass is 340 g/mol. The lowest BCUT2D eigenvalue weighted by atomic mass is 10.0. The number of carboxylic acids is 1. The van der Waals surface area contributed by atoms with E-state index in [0.717, 1.165) is 11.1 Å². The summed E-state index contributed by atoms with van der Waals surface area (Å²) in [7, 11) is 0. The molecule has 1 saturated heterocycles. The van der Waals surface area contributed by atoms with E-state index in [9.17, 15) is 14.7 Å². The molecule has 0 atom stereocenters.